The Balaban J connectivity index is 0.00000110. The van der Waals surface area contributed by atoms with Crippen LogP contribution in [0.1, 0.15) is 13.8 Å². The molecule has 0 unspecified atom stereocenters. The molecule has 0 saturated heterocycles. The van der Waals surface area contributed by atoms with Crippen molar-refractivity contribution in [3.05, 3.63) is 57.6 Å². The minimum absolute atomic E-state index is 0.0724. The molecule has 0 spiro atoms. The third kappa shape index (κ3) is 10.0. The van der Waals surface area contributed by atoms with Gasteiger partial charge in [0, 0.05) is 30.3 Å². The van der Waals surface area contributed by atoms with Crippen molar-refractivity contribution in [3.63, 3.8) is 0 Å². The van der Waals surface area contributed by atoms with Crippen molar-refractivity contribution in [1.82, 2.24) is 0 Å². The molecule has 0 bridgehead atoms. The highest BCUT2D eigenvalue weighted by atomic mass is 35.5. The van der Waals surface area contributed by atoms with Crippen LogP contribution in [0.15, 0.2) is 52.7 Å². The van der Waals surface area contributed by atoms with Crippen molar-refractivity contribution in [2.24, 2.45) is 10.2 Å². The molecule has 2 aromatic carbocycles. The van der Waals surface area contributed by atoms with Crippen LogP contribution in [0, 0.1) is 10.1 Å². The summed E-state index contributed by atoms with van der Waals surface area (Å²) in [6, 6.07) is 11.9. The first kappa shape index (κ1) is 26.0. The Morgan fingerprint density at radius 1 is 1.13 bits per heavy atom. The van der Waals surface area contributed by atoms with Crippen LogP contribution in [0.2, 0.25) is 5.02 Å². The molecule has 0 aliphatic rings. The second kappa shape index (κ2) is 12.0. The number of carbonyl (C=O) groups excluding carboxylic acids is 1. The molecule has 2 aromatic rings. The van der Waals surface area contributed by atoms with E-state index in [0.29, 0.717) is 11.4 Å². The van der Waals surface area contributed by atoms with E-state index in [9.17, 15) is 10.1 Å². The largest absolute Gasteiger partial charge is 0.550 e. The fraction of sp³-hybridized carbons (Fsp3) is 0.381. The van der Waals surface area contributed by atoms with Crippen molar-refractivity contribution < 1.29 is 19.3 Å². The van der Waals surface area contributed by atoms with Gasteiger partial charge >= 0.3 is 0 Å². The van der Waals surface area contributed by atoms with E-state index in [4.69, 9.17) is 21.5 Å². The maximum absolute atomic E-state index is 10.7. The van der Waals surface area contributed by atoms with Gasteiger partial charge in [0.05, 0.1) is 49.9 Å². The molecular weight excluding hydrogens is 422 g/mol. The maximum atomic E-state index is 10.7. The standard InChI is InChI=1S/C19H25ClN5O2.C2H4O2/c1-5-23(12-13-25(2,3)4)16-8-6-15(7-9-16)21-22-19-11-10-17(24(26)27)14-18(19)20;1-2(3)4/h6-11,14H,5,12-13H2,1-4H3;1H3,(H,3,4)/q+1;/p-1. The highest BCUT2D eigenvalue weighted by molar-refractivity contribution is 6.33. The van der Waals surface area contributed by atoms with E-state index < -0.39 is 10.9 Å². The zero-order chi connectivity index (χ0) is 23.6. The van der Waals surface area contributed by atoms with Gasteiger partial charge in [-0.25, -0.2) is 0 Å². The molecule has 0 saturated carbocycles. The Morgan fingerprint density at radius 3 is 2.16 bits per heavy atom. The van der Waals surface area contributed by atoms with Crippen LogP contribution in [0.5, 0.6) is 0 Å². The zero-order valence-corrected chi connectivity index (χ0v) is 19.2. The normalized spacial score (nSPS) is 11.0. The summed E-state index contributed by atoms with van der Waals surface area (Å²) in [7, 11) is 6.54. The summed E-state index contributed by atoms with van der Waals surface area (Å²) in [5.74, 6) is -1.08. The smallest absolute Gasteiger partial charge is 0.271 e. The first-order valence-corrected chi connectivity index (χ1v) is 9.99. The molecule has 9 nitrogen and oxygen atoms in total. The van der Waals surface area contributed by atoms with E-state index in [1.807, 2.05) is 24.3 Å². The first-order valence-electron chi connectivity index (χ1n) is 9.61. The second-order valence-corrected chi connectivity index (χ2v) is 8.10. The highest BCUT2D eigenvalue weighted by Crippen LogP contribution is 2.30. The average Bonchev–Trinajstić information content (AvgIpc) is 2.67. The van der Waals surface area contributed by atoms with Crippen molar-refractivity contribution in [2.45, 2.75) is 13.8 Å². The minimum atomic E-state index is -1.08. The number of likely N-dealkylation sites (N-methyl/N-ethyl adjacent to an activating group) is 2. The molecular formula is C21H28ClN5O4. The fourth-order valence-corrected chi connectivity index (χ4v) is 2.64. The van der Waals surface area contributed by atoms with Crippen molar-refractivity contribution in [3.8, 4) is 0 Å². The number of carboxylic acid groups (broad SMARTS) is 1. The lowest BCUT2D eigenvalue weighted by molar-refractivity contribution is -0.868. The molecule has 0 N–H and O–H groups in total. The van der Waals surface area contributed by atoms with E-state index in [1.165, 1.54) is 18.2 Å². The molecule has 31 heavy (non-hydrogen) atoms. The number of nitro benzene ring substituents is 1. The third-order valence-electron chi connectivity index (χ3n) is 4.05. The summed E-state index contributed by atoms with van der Waals surface area (Å²) in [6.45, 7) is 6.06. The quantitative estimate of drug-likeness (QED) is 0.262. The predicted molar refractivity (Wildman–Crippen MR) is 120 cm³/mol. The molecule has 0 aliphatic heterocycles. The van der Waals surface area contributed by atoms with Gasteiger partial charge in [-0.2, -0.15) is 5.11 Å². The van der Waals surface area contributed by atoms with Gasteiger partial charge in [-0.3, -0.25) is 10.1 Å². The number of hydrogen-bond donors (Lipinski definition) is 0. The monoisotopic (exact) mass is 449 g/mol. The van der Waals surface area contributed by atoms with Crippen LogP contribution < -0.4 is 10.0 Å². The number of quaternary nitrogens is 1. The van der Waals surface area contributed by atoms with Crippen LogP contribution in [0.3, 0.4) is 0 Å². The number of nitro groups is 1. The van der Waals surface area contributed by atoms with Gasteiger partial charge < -0.3 is 19.3 Å². The van der Waals surface area contributed by atoms with Crippen LogP contribution in [-0.2, 0) is 4.79 Å². The van der Waals surface area contributed by atoms with Gasteiger partial charge in [0.1, 0.15) is 5.69 Å². The van der Waals surface area contributed by atoms with E-state index in [1.54, 1.807) is 0 Å². The van der Waals surface area contributed by atoms with Crippen LogP contribution >= 0.6 is 11.6 Å². The molecule has 0 aliphatic carbocycles. The van der Waals surface area contributed by atoms with E-state index in [-0.39, 0.29) is 10.7 Å². The van der Waals surface area contributed by atoms with Gasteiger partial charge in [0.2, 0.25) is 0 Å². The Kier molecular flexibility index (Phi) is 10.0. The molecule has 0 fully saturated rings. The fourth-order valence-electron chi connectivity index (χ4n) is 2.42. The minimum Gasteiger partial charge on any atom is -0.550 e. The Hall–Kier alpha value is -3.04. The number of hydrogen-bond acceptors (Lipinski definition) is 7. The van der Waals surface area contributed by atoms with Gasteiger partial charge in [0.25, 0.3) is 5.69 Å². The Bertz CT molecular complexity index is 907. The summed E-state index contributed by atoms with van der Waals surface area (Å²) in [5, 5.41) is 28.1. The van der Waals surface area contributed by atoms with Crippen LogP contribution in [0.25, 0.3) is 0 Å². The van der Waals surface area contributed by atoms with Crippen molar-refractivity contribution in [2.75, 3.05) is 45.7 Å². The van der Waals surface area contributed by atoms with Crippen LogP contribution in [-0.4, -0.2) is 56.2 Å². The number of non-ortho nitro benzene ring substituents is 1. The van der Waals surface area contributed by atoms with Crippen molar-refractivity contribution >= 4 is 40.3 Å². The van der Waals surface area contributed by atoms with Gasteiger partial charge in [-0.15, -0.1) is 5.11 Å². The van der Waals surface area contributed by atoms with E-state index in [2.05, 4.69) is 43.2 Å². The number of carbonyl (C=O) groups is 1. The number of benzene rings is 2. The molecule has 0 amide bonds. The summed E-state index contributed by atoms with van der Waals surface area (Å²) in [4.78, 5) is 21.5. The van der Waals surface area contributed by atoms with Gasteiger partial charge in [0.15, 0.2) is 0 Å². The van der Waals surface area contributed by atoms with E-state index in [0.717, 1.165) is 36.7 Å². The number of carboxylic acids is 1. The van der Waals surface area contributed by atoms with Crippen molar-refractivity contribution in [1.29, 1.82) is 0 Å². The summed E-state index contributed by atoms with van der Waals surface area (Å²) in [6.07, 6.45) is 0. The number of nitrogens with zero attached hydrogens (tertiary/aromatic N) is 5. The molecule has 2 rings (SSSR count). The van der Waals surface area contributed by atoms with Gasteiger partial charge in [-0.05, 0) is 44.2 Å². The molecule has 0 aromatic heterocycles. The topological polar surface area (TPSA) is 111 Å². The lowest BCUT2D eigenvalue weighted by atomic mass is 10.2. The summed E-state index contributed by atoms with van der Waals surface area (Å²) < 4.78 is 0.915. The Labute approximate surface area is 187 Å². The second-order valence-electron chi connectivity index (χ2n) is 7.69. The Morgan fingerprint density at radius 2 is 1.71 bits per heavy atom. The summed E-state index contributed by atoms with van der Waals surface area (Å²) in [5.41, 5.74) is 2.15. The highest BCUT2D eigenvalue weighted by Gasteiger charge is 2.12. The summed E-state index contributed by atoms with van der Waals surface area (Å²) >= 11 is 6.03. The number of azo groups is 1. The SMILES string of the molecule is CC(=O)[O-].CCN(CC[N+](C)(C)C)c1ccc(N=Nc2ccc([N+](=O)[O-])cc2Cl)cc1. The lowest BCUT2D eigenvalue weighted by Crippen LogP contribution is -2.42. The molecule has 0 atom stereocenters. The van der Waals surface area contributed by atoms with Crippen LogP contribution in [0.4, 0.5) is 22.7 Å². The number of rotatable bonds is 8. The molecule has 168 valence electrons. The predicted octanol–water partition coefficient (Wildman–Crippen LogP) is 3.95. The molecule has 0 heterocycles. The number of aliphatic carboxylic acids is 1. The number of anilines is 1. The average molecular weight is 450 g/mol. The third-order valence-corrected chi connectivity index (χ3v) is 4.36. The maximum Gasteiger partial charge on any atom is 0.271 e. The van der Waals surface area contributed by atoms with E-state index >= 15 is 0 Å². The molecule has 0 radical (unpaired) electrons. The van der Waals surface area contributed by atoms with Gasteiger partial charge in [-0.1, -0.05) is 11.6 Å². The zero-order valence-electron chi connectivity index (χ0n) is 18.4. The first-order chi connectivity index (χ1) is 14.4. The molecule has 10 heteroatoms. The lowest BCUT2D eigenvalue weighted by Gasteiger charge is -2.29. The number of halogens is 1.